The number of anilines is 1. The van der Waals surface area contributed by atoms with Gasteiger partial charge in [-0.25, -0.2) is 9.69 Å². The maximum Gasteiger partial charge on any atom is 0.335 e. The number of para-hydroxylation sites is 1. The molecule has 6 nitrogen and oxygen atoms in total. The van der Waals surface area contributed by atoms with E-state index in [0.717, 1.165) is 32.5 Å². The smallest absolute Gasteiger partial charge is 0.335 e. The number of amides is 4. The Hall–Kier alpha value is -4.45. The number of barbiturate groups is 1. The fraction of sp³-hybridized carbons (Fsp3) is 0.0741. The van der Waals surface area contributed by atoms with E-state index in [0.29, 0.717) is 12.2 Å². The molecule has 0 aliphatic carbocycles. The van der Waals surface area contributed by atoms with Crippen LogP contribution in [0.15, 0.2) is 90.6 Å². The second-order valence-corrected chi connectivity index (χ2v) is 8.01. The Morgan fingerprint density at radius 3 is 2.30 bits per heavy atom. The maximum atomic E-state index is 13.2. The van der Waals surface area contributed by atoms with Gasteiger partial charge in [-0.05, 0) is 36.8 Å². The zero-order valence-corrected chi connectivity index (χ0v) is 18.0. The lowest BCUT2D eigenvalue weighted by molar-refractivity contribution is -0.122. The van der Waals surface area contributed by atoms with Crippen molar-refractivity contribution in [1.29, 1.82) is 0 Å². The Morgan fingerprint density at radius 1 is 0.848 bits per heavy atom. The number of hydrogen-bond acceptors (Lipinski definition) is 3. The van der Waals surface area contributed by atoms with Gasteiger partial charge in [-0.3, -0.25) is 14.9 Å². The lowest BCUT2D eigenvalue weighted by Gasteiger charge is -2.26. The summed E-state index contributed by atoms with van der Waals surface area (Å²) in [4.78, 5) is 39.3. The first kappa shape index (κ1) is 20.5. The summed E-state index contributed by atoms with van der Waals surface area (Å²) in [6, 6.07) is 24.1. The van der Waals surface area contributed by atoms with Crippen molar-refractivity contribution in [3.8, 4) is 0 Å². The minimum absolute atomic E-state index is 0.0854. The fourth-order valence-corrected chi connectivity index (χ4v) is 4.04. The third-order valence-corrected chi connectivity index (χ3v) is 5.71. The van der Waals surface area contributed by atoms with E-state index in [1.165, 1.54) is 0 Å². The highest BCUT2D eigenvalue weighted by atomic mass is 16.2. The largest absolute Gasteiger partial charge is 0.342 e. The van der Waals surface area contributed by atoms with Crippen LogP contribution in [0.2, 0.25) is 0 Å². The average Bonchev–Trinajstić information content (AvgIpc) is 3.16. The van der Waals surface area contributed by atoms with Crippen LogP contribution in [0.3, 0.4) is 0 Å². The van der Waals surface area contributed by atoms with Crippen molar-refractivity contribution >= 4 is 40.5 Å². The number of nitrogens with zero attached hydrogens (tertiary/aromatic N) is 2. The number of carbonyl (C=O) groups is 3. The number of imide groups is 2. The molecule has 1 fully saturated rings. The molecule has 0 atom stereocenters. The number of fused-ring (bicyclic) bond motifs is 1. The van der Waals surface area contributed by atoms with Crippen LogP contribution >= 0.6 is 0 Å². The Kier molecular flexibility index (Phi) is 5.11. The van der Waals surface area contributed by atoms with Crippen molar-refractivity contribution in [3.05, 3.63) is 107 Å². The molecule has 0 unspecified atom stereocenters. The van der Waals surface area contributed by atoms with Crippen molar-refractivity contribution < 1.29 is 14.4 Å². The SMILES string of the molecule is Cc1ccc(N2C(=O)NC(=O)/C(=C/c3cn(Cc4ccccc4)c4ccccc34)C2=O)cc1. The quantitative estimate of drug-likeness (QED) is 0.374. The molecule has 33 heavy (non-hydrogen) atoms. The maximum absolute atomic E-state index is 13.2. The van der Waals surface area contributed by atoms with E-state index in [1.54, 1.807) is 18.2 Å². The molecule has 4 aromatic rings. The molecule has 2 heterocycles. The second kappa shape index (κ2) is 8.24. The third kappa shape index (κ3) is 3.83. The normalized spacial score (nSPS) is 15.4. The predicted molar refractivity (Wildman–Crippen MR) is 128 cm³/mol. The van der Waals surface area contributed by atoms with Crippen LogP contribution in [-0.4, -0.2) is 22.4 Å². The topological polar surface area (TPSA) is 71.4 Å². The van der Waals surface area contributed by atoms with Gasteiger partial charge in [0.05, 0.1) is 5.69 Å². The van der Waals surface area contributed by atoms with E-state index in [4.69, 9.17) is 0 Å². The molecule has 0 saturated carbocycles. The summed E-state index contributed by atoms with van der Waals surface area (Å²) in [7, 11) is 0. The number of aryl methyl sites for hydroxylation is 1. The van der Waals surface area contributed by atoms with Crippen LogP contribution in [0.5, 0.6) is 0 Å². The summed E-state index contributed by atoms with van der Waals surface area (Å²) < 4.78 is 2.09. The summed E-state index contributed by atoms with van der Waals surface area (Å²) in [5.74, 6) is -1.35. The number of aromatic nitrogens is 1. The molecule has 0 spiro atoms. The van der Waals surface area contributed by atoms with Crippen LogP contribution < -0.4 is 10.2 Å². The summed E-state index contributed by atoms with van der Waals surface area (Å²) >= 11 is 0. The van der Waals surface area contributed by atoms with Crippen molar-refractivity contribution in [2.45, 2.75) is 13.5 Å². The van der Waals surface area contributed by atoms with Gasteiger partial charge in [-0.15, -0.1) is 0 Å². The number of hydrogen-bond donors (Lipinski definition) is 1. The number of rotatable bonds is 4. The van der Waals surface area contributed by atoms with Gasteiger partial charge in [0.1, 0.15) is 5.57 Å². The van der Waals surface area contributed by atoms with Crippen LogP contribution in [0, 0.1) is 6.92 Å². The lowest BCUT2D eigenvalue weighted by Crippen LogP contribution is -2.54. The molecule has 6 heteroatoms. The number of carbonyl (C=O) groups excluding carboxylic acids is 3. The second-order valence-electron chi connectivity index (χ2n) is 8.01. The monoisotopic (exact) mass is 435 g/mol. The molecular weight excluding hydrogens is 414 g/mol. The highest BCUT2D eigenvalue weighted by molar-refractivity contribution is 6.39. The molecule has 0 radical (unpaired) electrons. The molecule has 1 aliphatic rings. The number of nitrogens with one attached hydrogen (secondary N) is 1. The Balaban J connectivity index is 1.57. The summed E-state index contributed by atoms with van der Waals surface area (Å²) in [5.41, 5.74) is 4.19. The molecule has 1 saturated heterocycles. The number of urea groups is 1. The molecule has 162 valence electrons. The zero-order valence-electron chi connectivity index (χ0n) is 18.0. The third-order valence-electron chi connectivity index (χ3n) is 5.71. The first-order valence-corrected chi connectivity index (χ1v) is 10.6. The van der Waals surface area contributed by atoms with Gasteiger partial charge in [-0.1, -0.05) is 66.2 Å². The van der Waals surface area contributed by atoms with Crippen molar-refractivity contribution in [3.63, 3.8) is 0 Å². The highest BCUT2D eigenvalue weighted by Gasteiger charge is 2.36. The standard InChI is InChI=1S/C27H21N3O3/c1-18-11-13-21(14-12-18)30-26(32)23(25(31)28-27(30)33)15-20-17-29(16-19-7-3-2-4-8-19)24-10-6-5-9-22(20)24/h2-15,17H,16H2,1H3,(H,28,31,33)/b23-15-. The number of benzene rings is 3. The molecule has 0 bridgehead atoms. The van der Waals surface area contributed by atoms with Crippen LogP contribution in [0.1, 0.15) is 16.7 Å². The molecular formula is C27H21N3O3. The fourth-order valence-electron chi connectivity index (χ4n) is 4.04. The lowest BCUT2D eigenvalue weighted by atomic mass is 10.1. The Labute approximate surface area is 190 Å². The summed E-state index contributed by atoms with van der Waals surface area (Å²) in [6.07, 6.45) is 3.49. The molecule has 1 aliphatic heterocycles. The van der Waals surface area contributed by atoms with Crippen molar-refractivity contribution in [2.75, 3.05) is 4.90 Å². The minimum atomic E-state index is -0.752. The molecule has 1 aromatic heterocycles. The predicted octanol–water partition coefficient (Wildman–Crippen LogP) is 4.66. The van der Waals surface area contributed by atoms with E-state index in [1.807, 2.05) is 67.7 Å². The van der Waals surface area contributed by atoms with Gasteiger partial charge >= 0.3 is 6.03 Å². The molecule has 3 aromatic carbocycles. The Bertz CT molecular complexity index is 1420. The van der Waals surface area contributed by atoms with E-state index in [-0.39, 0.29) is 5.57 Å². The highest BCUT2D eigenvalue weighted by Crippen LogP contribution is 2.27. The van der Waals surface area contributed by atoms with Gasteiger partial charge in [0.2, 0.25) is 0 Å². The first-order chi connectivity index (χ1) is 16.0. The van der Waals surface area contributed by atoms with Gasteiger partial charge in [0, 0.05) is 29.2 Å². The average molecular weight is 435 g/mol. The summed E-state index contributed by atoms with van der Waals surface area (Å²) in [5, 5.41) is 3.21. The Morgan fingerprint density at radius 2 is 1.55 bits per heavy atom. The first-order valence-electron chi connectivity index (χ1n) is 10.6. The van der Waals surface area contributed by atoms with E-state index in [9.17, 15) is 14.4 Å². The van der Waals surface area contributed by atoms with Gasteiger partial charge in [-0.2, -0.15) is 0 Å². The van der Waals surface area contributed by atoms with E-state index >= 15 is 0 Å². The van der Waals surface area contributed by atoms with Gasteiger partial charge in [0.15, 0.2) is 0 Å². The minimum Gasteiger partial charge on any atom is -0.342 e. The van der Waals surface area contributed by atoms with E-state index < -0.39 is 17.8 Å². The zero-order chi connectivity index (χ0) is 22.9. The van der Waals surface area contributed by atoms with Crippen molar-refractivity contribution in [1.82, 2.24) is 9.88 Å². The van der Waals surface area contributed by atoms with Gasteiger partial charge in [0.25, 0.3) is 11.8 Å². The van der Waals surface area contributed by atoms with Crippen LogP contribution in [0.4, 0.5) is 10.5 Å². The van der Waals surface area contributed by atoms with Crippen molar-refractivity contribution in [2.24, 2.45) is 0 Å². The van der Waals surface area contributed by atoms with E-state index in [2.05, 4.69) is 22.0 Å². The summed E-state index contributed by atoms with van der Waals surface area (Å²) in [6.45, 7) is 2.57. The van der Waals surface area contributed by atoms with Crippen LogP contribution in [0.25, 0.3) is 17.0 Å². The van der Waals surface area contributed by atoms with Gasteiger partial charge < -0.3 is 4.57 Å². The molecule has 4 amide bonds. The van der Waals surface area contributed by atoms with Crippen LogP contribution in [-0.2, 0) is 16.1 Å². The molecule has 5 rings (SSSR count). The molecule has 1 N–H and O–H groups in total.